The van der Waals surface area contributed by atoms with Crippen LogP contribution in [0.3, 0.4) is 0 Å². The van der Waals surface area contributed by atoms with Crippen LogP contribution in [0.25, 0.3) is 0 Å². The van der Waals surface area contributed by atoms with Gasteiger partial charge < -0.3 is 9.30 Å². The fourth-order valence-electron chi connectivity index (χ4n) is 1.91. The molecule has 19 heavy (non-hydrogen) atoms. The smallest absolute Gasteiger partial charge is 0.381 e. The predicted molar refractivity (Wildman–Crippen MR) is 70.9 cm³/mol. The largest absolute Gasteiger partial charge is 0.463 e. The van der Waals surface area contributed by atoms with E-state index in [1.165, 1.54) is 12.7 Å². The summed E-state index contributed by atoms with van der Waals surface area (Å²) < 4.78 is 6.22. The van der Waals surface area contributed by atoms with Crippen molar-refractivity contribution in [3.63, 3.8) is 0 Å². The predicted octanol–water partition coefficient (Wildman–Crippen LogP) is 2.09. The molecule has 0 aliphatic rings. The highest BCUT2D eigenvalue weighted by Gasteiger charge is 2.19. The van der Waals surface area contributed by atoms with E-state index in [-0.39, 0.29) is 0 Å². The van der Waals surface area contributed by atoms with Gasteiger partial charge in [0.1, 0.15) is 0 Å². The molecule has 1 aromatic carbocycles. The first-order valence-electron chi connectivity index (χ1n) is 6.04. The second-order valence-electron chi connectivity index (χ2n) is 4.14. The van der Waals surface area contributed by atoms with Crippen molar-refractivity contribution in [3.8, 4) is 0 Å². The lowest BCUT2D eigenvalue weighted by atomic mass is 10.1. The number of aryl methyl sites for hydroxylation is 2. The quantitative estimate of drug-likeness (QED) is 0.468. The van der Waals surface area contributed by atoms with E-state index in [9.17, 15) is 9.59 Å². The molecule has 0 unspecified atom stereocenters. The van der Waals surface area contributed by atoms with Crippen LogP contribution in [0.15, 0.2) is 48.7 Å². The number of esters is 1. The number of nitrogens with zero attached hydrogens (tertiary/aromatic N) is 1. The second kappa shape index (κ2) is 6.00. The first kappa shape index (κ1) is 13.1. The molecule has 2 aromatic rings. The Morgan fingerprint density at radius 3 is 2.53 bits per heavy atom. The van der Waals surface area contributed by atoms with Crippen LogP contribution in [0.5, 0.6) is 0 Å². The van der Waals surface area contributed by atoms with Gasteiger partial charge in [0.25, 0.3) is 5.78 Å². The van der Waals surface area contributed by atoms with Crippen molar-refractivity contribution in [2.24, 2.45) is 0 Å². The number of hydrogen-bond donors (Lipinski definition) is 0. The van der Waals surface area contributed by atoms with E-state index < -0.39 is 11.8 Å². The number of ether oxygens (including phenoxy) is 1. The zero-order chi connectivity index (χ0) is 13.7. The number of rotatable bonds is 5. The SMILES string of the molecule is COC(=O)C(=O)c1cccn1CCc1ccccc1. The molecule has 0 bridgehead atoms. The molecule has 0 fully saturated rings. The number of methoxy groups -OCH3 is 1. The van der Waals surface area contributed by atoms with E-state index in [0.29, 0.717) is 12.2 Å². The molecule has 0 saturated heterocycles. The van der Waals surface area contributed by atoms with Gasteiger partial charge in [0.15, 0.2) is 0 Å². The topological polar surface area (TPSA) is 48.3 Å². The monoisotopic (exact) mass is 257 g/mol. The van der Waals surface area contributed by atoms with Gasteiger partial charge in [0.05, 0.1) is 12.8 Å². The highest BCUT2D eigenvalue weighted by Crippen LogP contribution is 2.08. The Balaban J connectivity index is 2.08. The normalized spacial score (nSPS) is 10.2. The van der Waals surface area contributed by atoms with E-state index in [4.69, 9.17) is 0 Å². The van der Waals surface area contributed by atoms with Crippen molar-refractivity contribution in [1.82, 2.24) is 4.57 Å². The molecule has 0 spiro atoms. The lowest BCUT2D eigenvalue weighted by Gasteiger charge is -2.07. The minimum absolute atomic E-state index is 0.364. The molecule has 0 aliphatic carbocycles. The van der Waals surface area contributed by atoms with Crippen LogP contribution in [0.2, 0.25) is 0 Å². The molecular weight excluding hydrogens is 242 g/mol. The molecule has 0 radical (unpaired) electrons. The minimum atomic E-state index is -0.834. The van der Waals surface area contributed by atoms with Crippen molar-refractivity contribution in [2.75, 3.05) is 7.11 Å². The highest BCUT2D eigenvalue weighted by atomic mass is 16.5. The fourth-order valence-corrected chi connectivity index (χ4v) is 1.91. The number of hydrogen-bond acceptors (Lipinski definition) is 3. The third-order valence-corrected chi connectivity index (χ3v) is 2.92. The summed E-state index contributed by atoms with van der Waals surface area (Å²) in [7, 11) is 1.21. The molecule has 4 nitrogen and oxygen atoms in total. The summed E-state index contributed by atoms with van der Waals surface area (Å²) in [5.74, 6) is -1.44. The molecule has 2 rings (SSSR count). The van der Waals surface area contributed by atoms with Crippen LogP contribution in [0.4, 0.5) is 0 Å². The number of ketones is 1. The first-order valence-corrected chi connectivity index (χ1v) is 6.04. The van der Waals surface area contributed by atoms with Gasteiger partial charge in [-0.05, 0) is 24.1 Å². The molecule has 0 saturated carbocycles. The van der Waals surface area contributed by atoms with Crippen LogP contribution >= 0.6 is 0 Å². The number of aromatic nitrogens is 1. The molecule has 0 N–H and O–H groups in total. The number of benzene rings is 1. The highest BCUT2D eigenvalue weighted by molar-refractivity contribution is 6.40. The first-order chi connectivity index (χ1) is 9.22. The molecule has 4 heteroatoms. The van der Waals surface area contributed by atoms with E-state index in [2.05, 4.69) is 4.74 Å². The van der Waals surface area contributed by atoms with Crippen molar-refractivity contribution in [1.29, 1.82) is 0 Å². The number of carbonyl (C=O) groups is 2. The van der Waals surface area contributed by atoms with Gasteiger partial charge in [-0.15, -0.1) is 0 Å². The van der Waals surface area contributed by atoms with E-state index in [1.807, 2.05) is 30.3 Å². The van der Waals surface area contributed by atoms with Gasteiger partial charge in [-0.1, -0.05) is 30.3 Å². The zero-order valence-electron chi connectivity index (χ0n) is 10.7. The van der Waals surface area contributed by atoms with Crippen LogP contribution in [-0.4, -0.2) is 23.4 Å². The minimum Gasteiger partial charge on any atom is -0.463 e. The summed E-state index contributed by atoms with van der Waals surface area (Å²) in [5.41, 5.74) is 1.55. The molecule has 0 atom stereocenters. The number of Topliss-reactive ketones (excluding diaryl/α,β-unsaturated/α-hetero) is 1. The second-order valence-corrected chi connectivity index (χ2v) is 4.14. The van der Waals surface area contributed by atoms with E-state index >= 15 is 0 Å². The van der Waals surface area contributed by atoms with Crippen LogP contribution < -0.4 is 0 Å². The zero-order valence-corrected chi connectivity index (χ0v) is 10.7. The Kier molecular flexibility index (Phi) is 4.13. The third kappa shape index (κ3) is 3.10. The Bertz CT molecular complexity index is 572. The van der Waals surface area contributed by atoms with Gasteiger partial charge in [-0.2, -0.15) is 0 Å². The fraction of sp³-hybridized carbons (Fsp3) is 0.200. The molecule has 98 valence electrons. The third-order valence-electron chi connectivity index (χ3n) is 2.92. The van der Waals surface area contributed by atoms with Gasteiger partial charge >= 0.3 is 5.97 Å². The van der Waals surface area contributed by atoms with Crippen LogP contribution in [0.1, 0.15) is 16.1 Å². The van der Waals surface area contributed by atoms with Gasteiger partial charge in [-0.25, -0.2) is 4.79 Å². The number of carbonyl (C=O) groups excluding carboxylic acids is 2. The van der Waals surface area contributed by atoms with Crippen molar-refractivity contribution in [3.05, 3.63) is 59.9 Å². The average molecular weight is 257 g/mol. The summed E-state index contributed by atoms with van der Waals surface area (Å²) in [5, 5.41) is 0. The summed E-state index contributed by atoms with van der Waals surface area (Å²) in [6.07, 6.45) is 2.59. The summed E-state index contributed by atoms with van der Waals surface area (Å²) >= 11 is 0. The molecule has 1 heterocycles. The van der Waals surface area contributed by atoms with Crippen molar-refractivity contribution < 1.29 is 14.3 Å². The van der Waals surface area contributed by atoms with Gasteiger partial charge in [0, 0.05) is 12.7 Å². The van der Waals surface area contributed by atoms with Gasteiger partial charge in [0.2, 0.25) is 0 Å². The molecule has 0 aliphatic heterocycles. The Morgan fingerprint density at radius 1 is 1.11 bits per heavy atom. The average Bonchev–Trinajstić information content (AvgIpc) is 2.93. The summed E-state index contributed by atoms with van der Waals surface area (Å²) in [6, 6.07) is 13.4. The summed E-state index contributed by atoms with van der Waals surface area (Å²) in [6.45, 7) is 0.648. The standard InChI is InChI=1S/C15H15NO3/c1-19-15(18)14(17)13-8-5-10-16(13)11-9-12-6-3-2-4-7-12/h2-8,10H,9,11H2,1H3. The van der Waals surface area contributed by atoms with Crippen molar-refractivity contribution >= 4 is 11.8 Å². The molecule has 1 aromatic heterocycles. The van der Waals surface area contributed by atoms with Gasteiger partial charge in [-0.3, -0.25) is 4.79 Å². The maximum Gasteiger partial charge on any atom is 0.381 e. The lowest BCUT2D eigenvalue weighted by Crippen LogP contribution is -2.19. The lowest BCUT2D eigenvalue weighted by molar-refractivity contribution is -0.135. The Morgan fingerprint density at radius 2 is 1.84 bits per heavy atom. The maximum atomic E-state index is 11.8. The van der Waals surface area contributed by atoms with E-state index in [1.54, 1.807) is 22.9 Å². The van der Waals surface area contributed by atoms with E-state index in [0.717, 1.165) is 6.42 Å². The van der Waals surface area contributed by atoms with Crippen LogP contribution in [0, 0.1) is 0 Å². The molecular formula is C15H15NO3. The molecule has 0 amide bonds. The van der Waals surface area contributed by atoms with Crippen molar-refractivity contribution in [2.45, 2.75) is 13.0 Å². The Labute approximate surface area is 111 Å². The summed E-state index contributed by atoms with van der Waals surface area (Å²) in [4.78, 5) is 23.0. The Hall–Kier alpha value is -2.36. The van der Waals surface area contributed by atoms with Crippen LogP contribution in [-0.2, 0) is 22.5 Å². The maximum absolute atomic E-state index is 11.8.